The molecule has 1 saturated heterocycles. The second-order valence-electron chi connectivity index (χ2n) is 2.89. The van der Waals surface area contributed by atoms with E-state index in [0.29, 0.717) is 0 Å². The van der Waals surface area contributed by atoms with E-state index in [-0.39, 0.29) is 19.6 Å². The van der Waals surface area contributed by atoms with Crippen LogP contribution in [0.3, 0.4) is 0 Å². The van der Waals surface area contributed by atoms with E-state index in [1.54, 1.807) is 0 Å². The molecule has 0 aliphatic carbocycles. The third-order valence-corrected chi connectivity index (χ3v) is 2.05. The minimum Gasteiger partial charge on any atom is -0.396 e. The minimum atomic E-state index is -1.05. The van der Waals surface area contributed by atoms with Crippen LogP contribution in [-0.4, -0.2) is 58.1 Å². The normalized spacial score (nSPS) is 42.0. The van der Waals surface area contributed by atoms with Crippen LogP contribution in [0.15, 0.2) is 0 Å². The van der Waals surface area contributed by atoms with E-state index < -0.39 is 24.4 Å². The third-order valence-electron chi connectivity index (χ3n) is 2.05. The summed E-state index contributed by atoms with van der Waals surface area (Å²) in [7, 11) is 0. The average Bonchev–Trinajstić information content (AvgIpc) is 2.33. The van der Waals surface area contributed by atoms with Crippen molar-refractivity contribution in [1.82, 2.24) is 0 Å². The number of rotatable bonds is 3. The van der Waals surface area contributed by atoms with Crippen molar-refractivity contribution in [3.63, 3.8) is 0 Å². The first kappa shape index (κ1) is 9.88. The summed E-state index contributed by atoms with van der Waals surface area (Å²) in [5.74, 6) is 0. The Morgan fingerprint density at radius 3 is 2.00 bits per heavy atom. The van der Waals surface area contributed by atoms with Crippen molar-refractivity contribution in [3.05, 3.63) is 0 Å². The van der Waals surface area contributed by atoms with E-state index in [9.17, 15) is 10.2 Å². The lowest BCUT2D eigenvalue weighted by Gasteiger charge is -2.12. The highest BCUT2D eigenvalue weighted by Gasteiger charge is 2.41. The van der Waals surface area contributed by atoms with Gasteiger partial charge in [-0.2, -0.15) is 0 Å². The topological polar surface area (TPSA) is 90.2 Å². The van der Waals surface area contributed by atoms with E-state index in [4.69, 9.17) is 14.9 Å². The van der Waals surface area contributed by atoms with Gasteiger partial charge in [-0.25, -0.2) is 0 Å². The fourth-order valence-electron chi connectivity index (χ4n) is 1.34. The predicted octanol–water partition coefficient (Wildman–Crippen LogP) is -2.15. The third kappa shape index (κ3) is 1.75. The summed E-state index contributed by atoms with van der Waals surface area (Å²) < 4.78 is 5.07. The Kier molecular flexibility index (Phi) is 3.42. The largest absolute Gasteiger partial charge is 0.396 e. The van der Waals surface area contributed by atoms with Crippen LogP contribution in [0.1, 0.15) is 6.42 Å². The molecule has 0 aromatic rings. The van der Waals surface area contributed by atoms with Gasteiger partial charge in [0, 0.05) is 6.61 Å². The first-order chi connectivity index (χ1) is 5.70. The van der Waals surface area contributed by atoms with Gasteiger partial charge in [0.15, 0.2) is 0 Å². The van der Waals surface area contributed by atoms with E-state index in [1.807, 2.05) is 0 Å². The molecule has 0 aromatic carbocycles. The molecule has 72 valence electrons. The molecule has 0 aromatic heterocycles. The second-order valence-corrected chi connectivity index (χ2v) is 2.89. The summed E-state index contributed by atoms with van der Waals surface area (Å²) in [6, 6.07) is 0. The number of hydrogen-bond acceptors (Lipinski definition) is 5. The maximum atomic E-state index is 9.29. The zero-order chi connectivity index (χ0) is 9.14. The molecule has 0 amide bonds. The van der Waals surface area contributed by atoms with Crippen LogP contribution in [-0.2, 0) is 4.74 Å². The standard InChI is InChI=1S/C7H14O5/c8-2-1-4-6(10)7(11)5(3-9)12-4/h4-11H,1-3H2/t4-,5-,6-,7-/m1/s1. The van der Waals surface area contributed by atoms with Crippen molar-refractivity contribution in [3.8, 4) is 0 Å². The molecule has 1 heterocycles. The Balaban J connectivity index is 2.48. The van der Waals surface area contributed by atoms with Crippen LogP contribution in [0.25, 0.3) is 0 Å². The predicted molar refractivity (Wildman–Crippen MR) is 39.5 cm³/mol. The van der Waals surface area contributed by atoms with Gasteiger partial charge in [0.05, 0.1) is 12.7 Å². The Hall–Kier alpha value is -0.200. The van der Waals surface area contributed by atoms with Gasteiger partial charge in [-0.05, 0) is 6.42 Å². The Morgan fingerprint density at radius 1 is 1.00 bits per heavy atom. The number of hydrogen-bond donors (Lipinski definition) is 4. The molecule has 0 radical (unpaired) electrons. The molecule has 5 heteroatoms. The van der Waals surface area contributed by atoms with Gasteiger partial charge in [0.2, 0.25) is 0 Å². The molecule has 5 nitrogen and oxygen atoms in total. The summed E-state index contributed by atoms with van der Waals surface area (Å²) >= 11 is 0. The molecule has 0 spiro atoms. The summed E-state index contributed by atoms with van der Waals surface area (Å²) in [4.78, 5) is 0. The maximum absolute atomic E-state index is 9.29. The highest BCUT2D eigenvalue weighted by molar-refractivity contribution is 4.89. The lowest BCUT2D eigenvalue weighted by Crippen LogP contribution is -2.34. The summed E-state index contributed by atoms with van der Waals surface area (Å²) in [6.07, 6.45) is -3.08. The molecular formula is C7H14O5. The average molecular weight is 178 g/mol. The Morgan fingerprint density at radius 2 is 1.58 bits per heavy atom. The molecule has 1 fully saturated rings. The first-order valence-electron chi connectivity index (χ1n) is 3.94. The molecule has 0 saturated carbocycles. The van der Waals surface area contributed by atoms with Crippen molar-refractivity contribution >= 4 is 0 Å². The molecular weight excluding hydrogens is 164 g/mol. The van der Waals surface area contributed by atoms with E-state index in [1.165, 1.54) is 0 Å². The van der Waals surface area contributed by atoms with E-state index in [2.05, 4.69) is 0 Å². The van der Waals surface area contributed by atoms with Gasteiger partial charge in [-0.1, -0.05) is 0 Å². The van der Waals surface area contributed by atoms with Crippen LogP contribution in [0, 0.1) is 0 Å². The van der Waals surface area contributed by atoms with Gasteiger partial charge in [-0.15, -0.1) is 0 Å². The highest BCUT2D eigenvalue weighted by Crippen LogP contribution is 2.22. The van der Waals surface area contributed by atoms with Crippen LogP contribution in [0.2, 0.25) is 0 Å². The van der Waals surface area contributed by atoms with Crippen LogP contribution in [0.4, 0.5) is 0 Å². The second kappa shape index (κ2) is 4.15. The van der Waals surface area contributed by atoms with Crippen molar-refractivity contribution in [2.75, 3.05) is 13.2 Å². The zero-order valence-corrected chi connectivity index (χ0v) is 6.63. The first-order valence-corrected chi connectivity index (χ1v) is 3.94. The lowest BCUT2D eigenvalue weighted by molar-refractivity contribution is -0.0280. The molecule has 0 unspecified atom stereocenters. The zero-order valence-electron chi connectivity index (χ0n) is 6.63. The highest BCUT2D eigenvalue weighted by atomic mass is 16.6. The van der Waals surface area contributed by atoms with Gasteiger partial charge in [0.1, 0.15) is 18.3 Å². The summed E-state index contributed by atoms with van der Waals surface area (Å²) in [5.41, 5.74) is 0. The van der Waals surface area contributed by atoms with Gasteiger partial charge >= 0.3 is 0 Å². The quantitative estimate of drug-likeness (QED) is 0.395. The molecule has 0 bridgehead atoms. The van der Waals surface area contributed by atoms with Crippen molar-refractivity contribution in [2.24, 2.45) is 0 Å². The monoisotopic (exact) mass is 178 g/mol. The van der Waals surface area contributed by atoms with Gasteiger partial charge in [-0.3, -0.25) is 0 Å². The number of aliphatic hydroxyl groups is 4. The molecule has 1 rings (SSSR count). The fraction of sp³-hybridized carbons (Fsp3) is 1.00. The Bertz CT molecular complexity index is 140. The van der Waals surface area contributed by atoms with Crippen LogP contribution in [0.5, 0.6) is 0 Å². The van der Waals surface area contributed by atoms with Crippen LogP contribution < -0.4 is 0 Å². The fourth-order valence-corrected chi connectivity index (χ4v) is 1.34. The van der Waals surface area contributed by atoms with E-state index >= 15 is 0 Å². The van der Waals surface area contributed by atoms with Crippen molar-refractivity contribution < 1.29 is 25.2 Å². The molecule has 4 N–H and O–H groups in total. The van der Waals surface area contributed by atoms with Gasteiger partial charge < -0.3 is 25.2 Å². The maximum Gasteiger partial charge on any atom is 0.111 e. The SMILES string of the molecule is OCC[C@H]1O[C@H](CO)[C@@H](O)[C@@H]1O. The van der Waals surface area contributed by atoms with Crippen molar-refractivity contribution in [1.29, 1.82) is 0 Å². The molecule has 1 aliphatic rings. The number of aliphatic hydroxyl groups excluding tert-OH is 4. The lowest BCUT2D eigenvalue weighted by atomic mass is 10.1. The molecule has 1 aliphatic heterocycles. The minimum absolute atomic E-state index is 0.105. The van der Waals surface area contributed by atoms with Gasteiger partial charge in [0.25, 0.3) is 0 Å². The molecule has 4 atom stereocenters. The number of ether oxygens (including phenoxy) is 1. The smallest absolute Gasteiger partial charge is 0.111 e. The van der Waals surface area contributed by atoms with Crippen LogP contribution >= 0.6 is 0 Å². The Labute approximate surface area is 70.2 Å². The van der Waals surface area contributed by atoms with E-state index in [0.717, 1.165) is 0 Å². The molecule has 12 heavy (non-hydrogen) atoms. The summed E-state index contributed by atoms with van der Waals surface area (Å²) in [6.45, 7) is -0.424. The van der Waals surface area contributed by atoms with Crippen molar-refractivity contribution in [2.45, 2.75) is 30.8 Å². The summed E-state index contributed by atoms with van der Waals surface area (Å²) in [5, 5.41) is 35.8.